The van der Waals surface area contributed by atoms with Crippen LogP contribution in [0.25, 0.3) is 10.9 Å². The summed E-state index contributed by atoms with van der Waals surface area (Å²) in [6.07, 6.45) is 5.83. The molecule has 8 heteroatoms. The van der Waals surface area contributed by atoms with Gasteiger partial charge in [-0.1, -0.05) is 49.6 Å². The van der Waals surface area contributed by atoms with Crippen LogP contribution < -0.4 is 5.56 Å². The second-order valence-corrected chi connectivity index (χ2v) is 9.24. The number of halogens is 1. The number of tetrazole rings is 1. The number of benzene rings is 2. The third kappa shape index (κ3) is 4.92. The van der Waals surface area contributed by atoms with E-state index >= 15 is 0 Å². The van der Waals surface area contributed by atoms with E-state index < -0.39 is 0 Å². The quantitative estimate of drug-likeness (QED) is 0.444. The number of rotatable bonds is 7. The van der Waals surface area contributed by atoms with Crippen molar-refractivity contribution < 1.29 is 4.39 Å². The Hall–Kier alpha value is -3.39. The van der Waals surface area contributed by atoms with Crippen molar-refractivity contribution in [3.63, 3.8) is 0 Å². The van der Waals surface area contributed by atoms with Crippen molar-refractivity contribution in [3.8, 4) is 0 Å². The van der Waals surface area contributed by atoms with E-state index in [1.807, 2.05) is 31.2 Å². The first-order valence-electron chi connectivity index (χ1n) is 11.9. The van der Waals surface area contributed by atoms with Gasteiger partial charge in [-0.3, -0.25) is 9.69 Å². The summed E-state index contributed by atoms with van der Waals surface area (Å²) in [6, 6.07) is 14.8. The molecule has 0 saturated heterocycles. The fourth-order valence-electron chi connectivity index (χ4n) is 4.93. The number of fused-ring (bicyclic) bond motifs is 1. The fraction of sp³-hybridized carbons (Fsp3) is 0.385. The standard InChI is InChI=1S/C26H29FN6O/c1-18-6-5-7-20-14-21(26(34)28-25(18)20)16-32(23-8-3-2-4-9-23)17-24-29-30-31-33(24)15-19-10-12-22(27)13-11-19/h5-7,10-14,23H,2-4,8-9,15-17H2,1H3,(H,28,34). The summed E-state index contributed by atoms with van der Waals surface area (Å²) in [4.78, 5) is 18.4. The highest BCUT2D eigenvalue weighted by Gasteiger charge is 2.24. The van der Waals surface area contributed by atoms with Crippen molar-refractivity contribution in [2.75, 3.05) is 0 Å². The number of nitrogens with one attached hydrogen (secondary N) is 1. The zero-order chi connectivity index (χ0) is 23.5. The lowest BCUT2D eigenvalue weighted by molar-refractivity contribution is 0.134. The highest BCUT2D eigenvalue weighted by molar-refractivity contribution is 5.81. The van der Waals surface area contributed by atoms with Gasteiger partial charge >= 0.3 is 0 Å². The third-order valence-corrected chi connectivity index (χ3v) is 6.83. The van der Waals surface area contributed by atoms with E-state index in [1.54, 1.807) is 16.8 Å². The molecule has 1 N–H and O–H groups in total. The molecule has 2 heterocycles. The van der Waals surface area contributed by atoms with Crippen LogP contribution in [0, 0.1) is 12.7 Å². The van der Waals surface area contributed by atoms with Crippen molar-refractivity contribution >= 4 is 10.9 Å². The lowest BCUT2D eigenvalue weighted by Crippen LogP contribution is -2.38. The van der Waals surface area contributed by atoms with Gasteiger partial charge in [-0.15, -0.1) is 5.10 Å². The average molecular weight is 461 g/mol. The molecule has 176 valence electrons. The van der Waals surface area contributed by atoms with E-state index in [0.29, 0.717) is 25.7 Å². The van der Waals surface area contributed by atoms with Gasteiger partial charge in [-0.25, -0.2) is 9.07 Å². The summed E-state index contributed by atoms with van der Waals surface area (Å²) >= 11 is 0. The average Bonchev–Trinajstić information content (AvgIpc) is 3.28. The Morgan fingerprint density at radius 1 is 1.09 bits per heavy atom. The number of aromatic amines is 1. The molecule has 34 heavy (non-hydrogen) atoms. The maximum absolute atomic E-state index is 13.3. The number of aryl methyl sites for hydroxylation is 1. The van der Waals surface area contributed by atoms with E-state index in [-0.39, 0.29) is 11.4 Å². The van der Waals surface area contributed by atoms with Crippen LogP contribution in [0.2, 0.25) is 0 Å². The lowest BCUT2D eigenvalue weighted by Gasteiger charge is -2.33. The van der Waals surface area contributed by atoms with Crippen LogP contribution in [0.4, 0.5) is 4.39 Å². The molecule has 0 spiro atoms. The highest BCUT2D eigenvalue weighted by atomic mass is 19.1. The smallest absolute Gasteiger partial charge is 0.252 e. The molecule has 7 nitrogen and oxygen atoms in total. The molecule has 2 aromatic carbocycles. The topological polar surface area (TPSA) is 79.7 Å². The van der Waals surface area contributed by atoms with Gasteiger partial charge in [0.05, 0.1) is 18.6 Å². The zero-order valence-electron chi connectivity index (χ0n) is 19.4. The normalized spacial score (nSPS) is 14.8. The predicted octanol–water partition coefficient (Wildman–Crippen LogP) is 4.35. The molecule has 0 aliphatic heterocycles. The van der Waals surface area contributed by atoms with Crippen LogP contribution in [0.3, 0.4) is 0 Å². The van der Waals surface area contributed by atoms with Crippen molar-refractivity contribution in [1.29, 1.82) is 0 Å². The van der Waals surface area contributed by atoms with Gasteiger partial charge in [-0.05, 0) is 64.9 Å². The van der Waals surface area contributed by atoms with Crippen molar-refractivity contribution in [2.24, 2.45) is 0 Å². The molecule has 1 saturated carbocycles. The molecule has 1 fully saturated rings. The van der Waals surface area contributed by atoms with Crippen molar-refractivity contribution in [3.05, 3.63) is 87.2 Å². The summed E-state index contributed by atoms with van der Waals surface area (Å²) in [5, 5.41) is 13.4. The van der Waals surface area contributed by atoms with Crippen LogP contribution in [0.5, 0.6) is 0 Å². The second kappa shape index (κ2) is 9.85. The number of para-hydroxylation sites is 1. The van der Waals surface area contributed by atoms with E-state index in [1.165, 1.54) is 31.4 Å². The molecule has 4 aromatic rings. The van der Waals surface area contributed by atoms with Gasteiger partial charge in [0, 0.05) is 18.2 Å². The number of pyridine rings is 1. The Morgan fingerprint density at radius 3 is 2.68 bits per heavy atom. The summed E-state index contributed by atoms with van der Waals surface area (Å²) in [6.45, 7) is 3.56. The zero-order valence-corrected chi connectivity index (χ0v) is 19.4. The summed E-state index contributed by atoms with van der Waals surface area (Å²) in [5.41, 5.74) is 3.59. The van der Waals surface area contributed by atoms with E-state index in [0.717, 1.165) is 46.3 Å². The first kappa shape index (κ1) is 22.4. The monoisotopic (exact) mass is 460 g/mol. The molecule has 5 rings (SSSR count). The van der Waals surface area contributed by atoms with Gasteiger partial charge in [0.1, 0.15) is 5.82 Å². The Kier molecular flexibility index (Phi) is 6.49. The first-order chi connectivity index (χ1) is 16.6. The van der Waals surface area contributed by atoms with Crippen LogP contribution in [0.1, 0.15) is 54.6 Å². The van der Waals surface area contributed by atoms with Crippen LogP contribution in [0.15, 0.2) is 53.3 Å². The molecule has 1 aliphatic rings. The molecule has 0 amide bonds. The molecule has 1 aliphatic carbocycles. The summed E-state index contributed by atoms with van der Waals surface area (Å²) in [7, 11) is 0. The summed E-state index contributed by atoms with van der Waals surface area (Å²) in [5.74, 6) is 0.475. The van der Waals surface area contributed by atoms with Crippen molar-refractivity contribution in [1.82, 2.24) is 30.1 Å². The Labute approximate surface area is 197 Å². The van der Waals surface area contributed by atoms with Gasteiger partial charge in [0.2, 0.25) is 0 Å². The van der Waals surface area contributed by atoms with Gasteiger partial charge in [0.15, 0.2) is 5.82 Å². The number of aromatic nitrogens is 5. The highest BCUT2D eigenvalue weighted by Crippen LogP contribution is 2.26. The molecule has 0 bridgehead atoms. The molecule has 0 atom stereocenters. The Morgan fingerprint density at radius 2 is 1.88 bits per heavy atom. The van der Waals surface area contributed by atoms with Crippen LogP contribution in [-0.4, -0.2) is 36.1 Å². The second-order valence-electron chi connectivity index (χ2n) is 9.24. The third-order valence-electron chi connectivity index (χ3n) is 6.83. The number of hydrogen-bond acceptors (Lipinski definition) is 5. The SMILES string of the molecule is Cc1cccc2cc(CN(Cc3nnnn3Cc3ccc(F)cc3)C3CCCCC3)c(=O)[nH]c12. The lowest BCUT2D eigenvalue weighted by atomic mass is 9.93. The molecular weight excluding hydrogens is 431 g/mol. The maximum atomic E-state index is 13.3. The summed E-state index contributed by atoms with van der Waals surface area (Å²) < 4.78 is 15.1. The number of hydrogen-bond donors (Lipinski definition) is 1. The number of nitrogens with zero attached hydrogens (tertiary/aromatic N) is 5. The largest absolute Gasteiger partial charge is 0.321 e. The van der Waals surface area contributed by atoms with Gasteiger partial charge in [-0.2, -0.15) is 0 Å². The van der Waals surface area contributed by atoms with E-state index in [9.17, 15) is 9.18 Å². The predicted molar refractivity (Wildman–Crippen MR) is 129 cm³/mol. The van der Waals surface area contributed by atoms with E-state index in [2.05, 4.69) is 25.4 Å². The molecule has 0 unspecified atom stereocenters. The van der Waals surface area contributed by atoms with Crippen LogP contribution in [-0.2, 0) is 19.6 Å². The number of H-pyrrole nitrogens is 1. The fourth-order valence-corrected chi connectivity index (χ4v) is 4.93. The Balaban J connectivity index is 1.42. The van der Waals surface area contributed by atoms with Gasteiger partial charge in [0.25, 0.3) is 5.56 Å². The van der Waals surface area contributed by atoms with Crippen molar-refractivity contribution in [2.45, 2.75) is 64.7 Å². The Bertz CT molecular complexity index is 1320. The first-order valence-corrected chi connectivity index (χ1v) is 11.9. The van der Waals surface area contributed by atoms with Gasteiger partial charge < -0.3 is 4.98 Å². The molecule has 2 aromatic heterocycles. The van der Waals surface area contributed by atoms with E-state index in [4.69, 9.17) is 0 Å². The molecular formula is C26H29FN6O. The minimum absolute atomic E-state index is 0.0477. The molecule has 0 radical (unpaired) electrons. The minimum Gasteiger partial charge on any atom is -0.321 e. The van der Waals surface area contributed by atoms with Crippen LogP contribution >= 0.6 is 0 Å². The minimum atomic E-state index is -0.264. The maximum Gasteiger partial charge on any atom is 0.252 e.